The second kappa shape index (κ2) is 7.61. The molecule has 0 radical (unpaired) electrons. The highest BCUT2D eigenvalue weighted by Gasteiger charge is 2.20. The molecule has 0 saturated carbocycles. The lowest BCUT2D eigenvalue weighted by Gasteiger charge is -2.34. The standard InChI is InChI=1S/C15H25ClN2S/c1-12-7-13(2)10-18(9-12)6-4-3-5-15-17-14(8-16)11-19-15/h11-13H,3-10H2,1-2H3. The van der Waals surface area contributed by atoms with Gasteiger partial charge in [-0.2, -0.15) is 0 Å². The maximum Gasteiger partial charge on any atom is 0.0928 e. The number of aromatic nitrogens is 1. The van der Waals surface area contributed by atoms with Crippen LogP contribution in [0.2, 0.25) is 0 Å². The third kappa shape index (κ3) is 5.05. The van der Waals surface area contributed by atoms with Crippen molar-refractivity contribution in [1.82, 2.24) is 9.88 Å². The minimum atomic E-state index is 0.542. The molecule has 2 nitrogen and oxygen atoms in total. The number of rotatable bonds is 6. The van der Waals surface area contributed by atoms with E-state index in [1.807, 2.05) is 0 Å². The topological polar surface area (TPSA) is 16.1 Å². The van der Waals surface area contributed by atoms with Crippen LogP contribution in [-0.2, 0) is 12.3 Å². The van der Waals surface area contributed by atoms with Gasteiger partial charge in [0.2, 0.25) is 0 Å². The normalized spacial score (nSPS) is 24.8. The van der Waals surface area contributed by atoms with Crippen LogP contribution in [0.4, 0.5) is 0 Å². The molecule has 1 aromatic rings. The molecule has 2 atom stereocenters. The third-order valence-corrected chi connectivity index (χ3v) is 5.03. The largest absolute Gasteiger partial charge is 0.303 e. The Morgan fingerprint density at radius 1 is 1.32 bits per heavy atom. The molecule has 0 aromatic carbocycles. The number of hydrogen-bond donors (Lipinski definition) is 0. The van der Waals surface area contributed by atoms with Crippen molar-refractivity contribution in [1.29, 1.82) is 0 Å². The maximum atomic E-state index is 5.77. The molecule has 2 unspecified atom stereocenters. The minimum Gasteiger partial charge on any atom is -0.303 e. The lowest BCUT2D eigenvalue weighted by atomic mass is 9.92. The van der Waals surface area contributed by atoms with Crippen molar-refractivity contribution in [3.05, 3.63) is 16.1 Å². The summed E-state index contributed by atoms with van der Waals surface area (Å²) in [6.45, 7) is 8.59. The van der Waals surface area contributed by atoms with Crippen LogP contribution in [0.25, 0.3) is 0 Å². The van der Waals surface area contributed by atoms with Gasteiger partial charge in [0.25, 0.3) is 0 Å². The predicted octanol–water partition coefficient (Wildman–Crippen LogP) is 4.18. The Labute approximate surface area is 126 Å². The summed E-state index contributed by atoms with van der Waals surface area (Å²) in [5.41, 5.74) is 1.03. The summed E-state index contributed by atoms with van der Waals surface area (Å²) in [4.78, 5) is 7.15. The fraction of sp³-hybridized carbons (Fsp3) is 0.800. The molecule has 4 heteroatoms. The van der Waals surface area contributed by atoms with Crippen LogP contribution >= 0.6 is 22.9 Å². The molecule has 1 aliphatic rings. The molecule has 0 aliphatic carbocycles. The molecule has 1 saturated heterocycles. The fourth-order valence-corrected chi connectivity index (χ4v) is 4.18. The van der Waals surface area contributed by atoms with Gasteiger partial charge in [0.1, 0.15) is 0 Å². The Balaban J connectivity index is 1.63. The Kier molecular flexibility index (Phi) is 6.11. The van der Waals surface area contributed by atoms with E-state index < -0.39 is 0 Å². The molecule has 19 heavy (non-hydrogen) atoms. The minimum absolute atomic E-state index is 0.542. The Bertz CT molecular complexity index is 370. The number of nitrogens with zero attached hydrogens (tertiary/aromatic N) is 2. The molecule has 0 spiro atoms. The van der Waals surface area contributed by atoms with Gasteiger partial charge in [-0.15, -0.1) is 22.9 Å². The second-order valence-corrected chi connectivity index (χ2v) is 7.24. The van der Waals surface area contributed by atoms with Crippen molar-refractivity contribution in [2.75, 3.05) is 19.6 Å². The number of halogens is 1. The molecule has 1 fully saturated rings. The molecule has 1 aromatic heterocycles. The first-order valence-electron chi connectivity index (χ1n) is 7.39. The Hall–Kier alpha value is -0.120. The van der Waals surface area contributed by atoms with E-state index in [1.54, 1.807) is 11.3 Å². The van der Waals surface area contributed by atoms with Gasteiger partial charge in [-0.05, 0) is 44.1 Å². The quantitative estimate of drug-likeness (QED) is 0.579. The average Bonchev–Trinajstić information content (AvgIpc) is 2.81. The van der Waals surface area contributed by atoms with Crippen molar-refractivity contribution in [2.45, 2.75) is 45.4 Å². The smallest absolute Gasteiger partial charge is 0.0928 e. The first-order chi connectivity index (χ1) is 9.17. The summed E-state index contributed by atoms with van der Waals surface area (Å²) < 4.78 is 0. The van der Waals surface area contributed by atoms with E-state index in [4.69, 9.17) is 11.6 Å². The van der Waals surface area contributed by atoms with E-state index in [0.717, 1.165) is 24.0 Å². The zero-order valence-electron chi connectivity index (χ0n) is 12.1. The summed E-state index contributed by atoms with van der Waals surface area (Å²) in [5, 5.41) is 3.33. The number of likely N-dealkylation sites (tertiary alicyclic amines) is 1. The maximum absolute atomic E-state index is 5.77. The summed E-state index contributed by atoms with van der Waals surface area (Å²) in [6, 6.07) is 0. The van der Waals surface area contributed by atoms with Gasteiger partial charge >= 0.3 is 0 Å². The molecule has 108 valence electrons. The zero-order valence-corrected chi connectivity index (χ0v) is 13.6. The van der Waals surface area contributed by atoms with Gasteiger partial charge in [0.05, 0.1) is 16.6 Å². The number of hydrogen-bond acceptors (Lipinski definition) is 3. The first-order valence-corrected chi connectivity index (χ1v) is 8.80. The van der Waals surface area contributed by atoms with Gasteiger partial charge in [-0.3, -0.25) is 0 Å². The van der Waals surface area contributed by atoms with Crippen molar-refractivity contribution < 1.29 is 0 Å². The Morgan fingerprint density at radius 3 is 2.68 bits per heavy atom. The van der Waals surface area contributed by atoms with E-state index in [0.29, 0.717) is 5.88 Å². The summed E-state index contributed by atoms with van der Waals surface area (Å²) >= 11 is 7.52. The van der Waals surface area contributed by atoms with Crippen LogP contribution in [0.3, 0.4) is 0 Å². The molecule has 0 amide bonds. The molecular weight excluding hydrogens is 276 g/mol. The highest BCUT2D eigenvalue weighted by molar-refractivity contribution is 7.09. The summed E-state index contributed by atoms with van der Waals surface area (Å²) in [6.07, 6.45) is 5.04. The monoisotopic (exact) mass is 300 g/mol. The lowest BCUT2D eigenvalue weighted by molar-refractivity contribution is 0.139. The molecule has 0 bridgehead atoms. The molecule has 0 N–H and O–H groups in total. The van der Waals surface area contributed by atoms with Gasteiger partial charge < -0.3 is 4.90 Å². The van der Waals surface area contributed by atoms with Crippen molar-refractivity contribution >= 4 is 22.9 Å². The highest BCUT2D eigenvalue weighted by atomic mass is 35.5. The van der Waals surface area contributed by atoms with Gasteiger partial charge in [0, 0.05) is 18.5 Å². The highest BCUT2D eigenvalue weighted by Crippen LogP contribution is 2.21. The van der Waals surface area contributed by atoms with E-state index in [9.17, 15) is 0 Å². The number of alkyl halides is 1. The van der Waals surface area contributed by atoms with Crippen LogP contribution in [0.5, 0.6) is 0 Å². The summed E-state index contributed by atoms with van der Waals surface area (Å²) in [7, 11) is 0. The molecule has 1 aliphatic heterocycles. The second-order valence-electron chi connectivity index (χ2n) is 6.03. The van der Waals surface area contributed by atoms with Crippen molar-refractivity contribution in [2.24, 2.45) is 11.8 Å². The molecule has 2 heterocycles. The van der Waals surface area contributed by atoms with E-state index in [1.165, 1.54) is 43.9 Å². The first kappa shape index (κ1) is 15.3. The predicted molar refractivity (Wildman–Crippen MR) is 84.0 cm³/mol. The van der Waals surface area contributed by atoms with E-state index in [2.05, 4.69) is 29.1 Å². The number of thiazole rings is 1. The zero-order chi connectivity index (χ0) is 13.7. The third-order valence-electron chi connectivity index (χ3n) is 3.80. The Morgan fingerprint density at radius 2 is 2.05 bits per heavy atom. The summed E-state index contributed by atoms with van der Waals surface area (Å²) in [5.74, 6) is 2.28. The van der Waals surface area contributed by atoms with Crippen molar-refractivity contribution in [3.63, 3.8) is 0 Å². The van der Waals surface area contributed by atoms with Gasteiger partial charge in [0.15, 0.2) is 0 Å². The number of unbranched alkanes of at least 4 members (excludes halogenated alkanes) is 1. The van der Waals surface area contributed by atoms with Gasteiger partial charge in [-0.25, -0.2) is 4.98 Å². The average molecular weight is 301 g/mol. The van der Waals surface area contributed by atoms with Crippen LogP contribution in [0.15, 0.2) is 5.38 Å². The molecular formula is C15H25ClN2S. The SMILES string of the molecule is CC1CC(C)CN(CCCCc2nc(CCl)cs2)C1. The van der Waals surface area contributed by atoms with Crippen LogP contribution in [0, 0.1) is 11.8 Å². The van der Waals surface area contributed by atoms with E-state index in [-0.39, 0.29) is 0 Å². The number of aryl methyl sites for hydroxylation is 1. The van der Waals surface area contributed by atoms with Crippen LogP contribution in [-0.4, -0.2) is 29.5 Å². The van der Waals surface area contributed by atoms with Crippen LogP contribution in [0.1, 0.15) is 43.8 Å². The fourth-order valence-electron chi connectivity index (χ4n) is 3.11. The van der Waals surface area contributed by atoms with E-state index >= 15 is 0 Å². The van der Waals surface area contributed by atoms with Gasteiger partial charge in [-0.1, -0.05) is 13.8 Å². The van der Waals surface area contributed by atoms with Crippen molar-refractivity contribution in [3.8, 4) is 0 Å². The number of piperidine rings is 1. The molecule has 2 rings (SSSR count). The van der Waals surface area contributed by atoms with Crippen LogP contribution < -0.4 is 0 Å². The lowest BCUT2D eigenvalue weighted by Crippen LogP contribution is -2.39.